The molecule has 4 heteroatoms. The molecule has 1 aliphatic rings. The van der Waals surface area contributed by atoms with Crippen LogP contribution in [0.3, 0.4) is 0 Å². The van der Waals surface area contributed by atoms with Crippen molar-refractivity contribution in [3.63, 3.8) is 0 Å². The number of amides is 1. The number of aromatic amines is 1. The fourth-order valence-electron chi connectivity index (χ4n) is 2.42. The number of rotatable bonds is 3. The molecule has 2 N–H and O–H groups in total. The molecule has 4 nitrogen and oxygen atoms in total. The maximum absolute atomic E-state index is 12.1. The number of carbonyl (C=O) groups is 1. The third-order valence-corrected chi connectivity index (χ3v) is 3.48. The smallest absolute Gasteiger partial charge is 0.262 e. The summed E-state index contributed by atoms with van der Waals surface area (Å²) < 4.78 is 0. The molecule has 0 radical (unpaired) electrons. The van der Waals surface area contributed by atoms with Crippen LogP contribution in [0.15, 0.2) is 23.9 Å². The van der Waals surface area contributed by atoms with Gasteiger partial charge in [0.25, 0.3) is 5.91 Å². The van der Waals surface area contributed by atoms with Gasteiger partial charge < -0.3 is 10.3 Å². The Morgan fingerprint density at radius 1 is 1.37 bits per heavy atom. The molecule has 1 amide bonds. The molecular weight excluding hydrogens is 238 g/mol. The molecule has 0 spiro atoms. The number of H-pyrrole nitrogens is 1. The van der Waals surface area contributed by atoms with Gasteiger partial charge in [-0.2, -0.15) is 5.26 Å². The Kier molecular flexibility index (Phi) is 4.79. The summed E-state index contributed by atoms with van der Waals surface area (Å²) in [7, 11) is 0. The number of carbonyl (C=O) groups excluding carboxylic acids is 1. The van der Waals surface area contributed by atoms with Crippen LogP contribution in [-0.4, -0.2) is 16.9 Å². The Labute approximate surface area is 113 Å². The molecule has 1 saturated carbocycles. The van der Waals surface area contributed by atoms with Crippen molar-refractivity contribution in [3.8, 4) is 6.07 Å². The fraction of sp³-hybridized carbons (Fsp3) is 0.467. The molecular formula is C15H19N3O. The molecule has 19 heavy (non-hydrogen) atoms. The predicted molar refractivity (Wildman–Crippen MR) is 74.0 cm³/mol. The first-order valence-electron chi connectivity index (χ1n) is 6.85. The fourth-order valence-corrected chi connectivity index (χ4v) is 2.42. The first-order chi connectivity index (χ1) is 9.29. The van der Waals surface area contributed by atoms with Crippen LogP contribution >= 0.6 is 0 Å². The van der Waals surface area contributed by atoms with E-state index in [-0.39, 0.29) is 17.5 Å². The van der Waals surface area contributed by atoms with E-state index in [9.17, 15) is 4.79 Å². The molecule has 1 aromatic rings. The van der Waals surface area contributed by atoms with Crippen molar-refractivity contribution in [1.29, 1.82) is 5.26 Å². The molecule has 100 valence electrons. The number of nitrogens with one attached hydrogen (secondary N) is 2. The van der Waals surface area contributed by atoms with Crippen LogP contribution in [0, 0.1) is 11.3 Å². The normalized spacial score (nSPS) is 17.5. The standard InChI is InChI=1S/C15H19N3O/c16-11-12(10-14-8-5-9-17-14)15(19)18-13-6-3-1-2-4-7-13/h5,8-10,13,17H,1-4,6-7H2,(H,18,19). The zero-order valence-electron chi connectivity index (χ0n) is 11.0. The molecule has 1 aromatic heterocycles. The summed E-state index contributed by atoms with van der Waals surface area (Å²) in [4.78, 5) is 15.0. The second kappa shape index (κ2) is 6.79. The molecule has 2 rings (SSSR count). The van der Waals surface area contributed by atoms with Crippen molar-refractivity contribution >= 4 is 12.0 Å². The quantitative estimate of drug-likeness (QED) is 0.496. The van der Waals surface area contributed by atoms with Crippen molar-refractivity contribution in [2.45, 2.75) is 44.6 Å². The van der Waals surface area contributed by atoms with Gasteiger partial charge in [-0.25, -0.2) is 0 Å². The van der Waals surface area contributed by atoms with Crippen LogP contribution in [-0.2, 0) is 4.79 Å². The Morgan fingerprint density at radius 2 is 2.11 bits per heavy atom. The van der Waals surface area contributed by atoms with E-state index < -0.39 is 0 Å². The SMILES string of the molecule is N#CC(=Cc1ccc[nH]1)C(=O)NC1CCCCCC1. The molecule has 0 aromatic carbocycles. The van der Waals surface area contributed by atoms with Crippen molar-refractivity contribution in [1.82, 2.24) is 10.3 Å². The summed E-state index contributed by atoms with van der Waals surface area (Å²) in [6.07, 6.45) is 10.2. The van der Waals surface area contributed by atoms with E-state index in [0.717, 1.165) is 31.4 Å². The molecule has 0 atom stereocenters. The van der Waals surface area contributed by atoms with Crippen molar-refractivity contribution in [3.05, 3.63) is 29.6 Å². The number of nitriles is 1. The van der Waals surface area contributed by atoms with Gasteiger partial charge in [-0.1, -0.05) is 25.7 Å². The second-order valence-electron chi connectivity index (χ2n) is 4.96. The van der Waals surface area contributed by atoms with E-state index in [1.165, 1.54) is 12.8 Å². The number of aromatic nitrogens is 1. The highest BCUT2D eigenvalue weighted by molar-refractivity contribution is 6.01. The van der Waals surface area contributed by atoms with Gasteiger partial charge in [0.1, 0.15) is 11.6 Å². The summed E-state index contributed by atoms with van der Waals surface area (Å²) in [5.74, 6) is -0.260. The Bertz CT molecular complexity index is 474. The minimum absolute atomic E-state index is 0.159. The average Bonchev–Trinajstić information content (AvgIpc) is 2.79. The largest absolute Gasteiger partial charge is 0.362 e. The summed E-state index contributed by atoms with van der Waals surface area (Å²) in [6, 6.07) is 5.86. The number of hydrogen-bond acceptors (Lipinski definition) is 2. The lowest BCUT2D eigenvalue weighted by Crippen LogP contribution is -2.35. The van der Waals surface area contributed by atoms with Crippen LogP contribution in [0.25, 0.3) is 6.08 Å². The van der Waals surface area contributed by atoms with Gasteiger partial charge in [0.2, 0.25) is 0 Å². The number of nitrogens with zero attached hydrogens (tertiary/aromatic N) is 1. The molecule has 0 bridgehead atoms. The summed E-state index contributed by atoms with van der Waals surface area (Å²) >= 11 is 0. The zero-order chi connectivity index (χ0) is 13.5. The van der Waals surface area contributed by atoms with E-state index in [2.05, 4.69) is 10.3 Å². The highest BCUT2D eigenvalue weighted by Gasteiger charge is 2.17. The third kappa shape index (κ3) is 3.99. The molecule has 0 saturated heterocycles. The van der Waals surface area contributed by atoms with E-state index >= 15 is 0 Å². The number of hydrogen-bond donors (Lipinski definition) is 2. The predicted octanol–water partition coefficient (Wildman–Crippen LogP) is 2.76. The van der Waals surface area contributed by atoms with Crippen LogP contribution in [0.5, 0.6) is 0 Å². The zero-order valence-corrected chi connectivity index (χ0v) is 11.0. The van der Waals surface area contributed by atoms with Gasteiger partial charge in [-0.05, 0) is 31.1 Å². The second-order valence-corrected chi connectivity index (χ2v) is 4.96. The van der Waals surface area contributed by atoms with Crippen LogP contribution < -0.4 is 5.32 Å². The van der Waals surface area contributed by atoms with Gasteiger partial charge in [0.05, 0.1) is 0 Å². The van der Waals surface area contributed by atoms with E-state index in [1.54, 1.807) is 12.3 Å². The van der Waals surface area contributed by atoms with Crippen molar-refractivity contribution < 1.29 is 4.79 Å². The lowest BCUT2D eigenvalue weighted by atomic mass is 10.1. The first-order valence-corrected chi connectivity index (χ1v) is 6.85. The van der Waals surface area contributed by atoms with Gasteiger partial charge in [0.15, 0.2) is 0 Å². The van der Waals surface area contributed by atoms with Gasteiger partial charge in [-0.3, -0.25) is 4.79 Å². The Balaban J connectivity index is 1.99. The van der Waals surface area contributed by atoms with Gasteiger partial charge in [0, 0.05) is 17.9 Å². The van der Waals surface area contributed by atoms with Gasteiger partial charge >= 0.3 is 0 Å². The third-order valence-electron chi connectivity index (χ3n) is 3.48. The van der Waals surface area contributed by atoms with Crippen LogP contribution in [0.4, 0.5) is 0 Å². The Hall–Kier alpha value is -2.02. The highest BCUT2D eigenvalue weighted by Crippen LogP contribution is 2.17. The Morgan fingerprint density at radius 3 is 2.68 bits per heavy atom. The van der Waals surface area contributed by atoms with E-state index in [4.69, 9.17) is 5.26 Å². The minimum Gasteiger partial charge on any atom is -0.362 e. The first kappa shape index (κ1) is 13.4. The lowest BCUT2D eigenvalue weighted by Gasteiger charge is -2.15. The molecule has 1 aliphatic carbocycles. The lowest BCUT2D eigenvalue weighted by molar-refractivity contribution is -0.117. The van der Waals surface area contributed by atoms with Crippen LogP contribution in [0.2, 0.25) is 0 Å². The summed E-state index contributed by atoms with van der Waals surface area (Å²) in [5.41, 5.74) is 0.930. The molecule has 0 unspecified atom stereocenters. The van der Waals surface area contributed by atoms with Gasteiger partial charge in [-0.15, -0.1) is 0 Å². The average molecular weight is 257 g/mol. The monoisotopic (exact) mass is 257 g/mol. The molecule has 1 heterocycles. The molecule has 0 aliphatic heterocycles. The molecule has 1 fully saturated rings. The topological polar surface area (TPSA) is 68.7 Å². The summed E-state index contributed by atoms with van der Waals surface area (Å²) in [5, 5.41) is 12.1. The minimum atomic E-state index is -0.260. The van der Waals surface area contributed by atoms with Crippen molar-refractivity contribution in [2.24, 2.45) is 0 Å². The maximum atomic E-state index is 12.1. The van der Waals surface area contributed by atoms with Crippen molar-refractivity contribution in [2.75, 3.05) is 0 Å². The van der Waals surface area contributed by atoms with E-state index in [0.29, 0.717) is 0 Å². The maximum Gasteiger partial charge on any atom is 0.262 e. The summed E-state index contributed by atoms with van der Waals surface area (Å²) in [6.45, 7) is 0. The van der Waals surface area contributed by atoms with E-state index in [1.807, 2.05) is 18.2 Å². The highest BCUT2D eigenvalue weighted by atomic mass is 16.1. The van der Waals surface area contributed by atoms with Crippen LogP contribution in [0.1, 0.15) is 44.2 Å².